The number of methoxy groups -OCH3 is 3. The minimum absolute atomic E-state index is 0.120. The van der Waals surface area contributed by atoms with E-state index in [0.717, 1.165) is 11.1 Å². The van der Waals surface area contributed by atoms with E-state index in [2.05, 4.69) is 5.32 Å². The molecule has 0 saturated heterocycles. The molecule has 0 atom stereocenters. The van der Waals surface area contributed by atoms with Gasteiger partial charge >= 0.3 is 0 Å². The van der Waals surface area contributed by atoms with E-state index >= 15 is 0 Å². The van der Waals surface area contributed by atoms with Gasteiger partial charge in [0.15, 0.2) is 11.5 Å². The lowest BCUT2D eigenvalue weighted by Gasteiger charge is -2.14. The van der Waals surface area contributed by atoms with Gasteiger partial charge in [0.05, 0.1) is 27.0 Å². The Kier molecular flexibility index (Phi) is 6.53. The highest BCUT2D eigenvalue weighted by atomic mass is 35.5. The van der Waals surface area contributed by atoms with E-state index in [-0.39, 0.29) is 5.91 Å². The monoisotopic (exact) mass is 363 g/mol. The summed E-state index contributed by atoms with van der Waals surface area (Å²) in [6.45, 7) is 1.87. The second-order valence-electron chi connectivity index (χ2n) is 5.50. The van der Waals surface area contributed by atoms with E-state index in [1.807, 2.05) is 25.1 Å². The van der Waals surface area contributed by atoms with Crippen LogP contribution in [0.5, 0.6) is 17.2 Å². The zero-order valence-electron chi connectivity index (χ0n) is 14.8. The van der Waals surface area contributed by atoms with Gasteiger partial charge in [0, 0.05) is 17.5 Å². The Balaban J connectivity index is 2.08. The summed E-state index contributed by atoms with van der Waals surface area (Å²) in [6, 6.07) is 9.11. The Morgan fingerprint density at radius 1 is 1.08 bits per heavy atom. The van der Waals surface area contributed by atoms with Crippen molar-refractivity contribution in [2.24, 2.45) is 0 Å². The molecule has 0 radical (unpaired) electrons. The average molecular weight is 364 g/mol. The fourth-order valence-electron chi connectivity index (χ4n) is 2.54. The molecule has 1 N–H and O–H groups in total. The molecular formula is C19H22ClNO4. The molecule has 5 nitrogen and oxygen atoms in total. The maximum Gasteiger partial charge on any atom is 0.224 e. The topological polar surface area (TPSA) is 56.8 Å². The van der Waals surface area contributed by atoms with Gasteiger partial charge in [-0.05, 0) is 36.6 Å². The first-order valence-corrected chi connectivity index (χ1v) is 8.21. The van der Waals surface area contributed by atoms with Crippen molar-refractivity contribution in [2.45, 2.75) is 19.8 Å². The molecule has 0 spiro atoms. The normalized spacial score (nSPS) is 10.3. The van der Waals surface area contributed by atoms with Crippen LogP contribution in [0.25, 0.3) is 0 Å². The van der Waals surface area contributed by atoms with Gasteiger partial charge in [0.25, 0.3) is 0 Å². The summed E-state index contributed by atoms with van der Waals surface area (Å²) in [5.74, 6) is 1.71. The molecule has 0 bridgehead atoms. The molecule has 134 valence electrons. The van der Waals surface area contributed by atoms with Crippen LogP contribution in [0.3, 0.4) is 0 Å². The van der Waals surface area contributed by atoms with E-state index in [1.54, 1.807) is 26.4 Å². The van der Waals surface area contributed by atoms with Crippen molar-refractivity contribution in [2.75, 3.05) is 26.6 Å². The lowest BCUT2D eigenvalue weighted by Crippen LogP contribution is -2.13. The molecule has 2 rings (SSSR count). The molecule has 2 aromatic rings. The number of carbonyl (C=O) groups is 1. The second-order valence-corrected chi connectivity index (χ2v) is 5.91. The molecule has 1 amide bonds. The predicted molar refractivity (Wildman–Crippen MR) is 99.2 cm³/mol. The highest BCUT2D eigenvalue weighted by Gasteiger charge is 2.13. The predicted octanol–water partition coefficient (Wildman–Crippen LogP) is 4.25. The van der Waals surface area contributed by atoms with Crippen LogP contribution in [0.15, 0.2) is 30.3 Å². The molecule has 0 aliphatic carbocycles. The summed E-state index contributed by atoms with van der Waals surface area (Å²) in [5, 5.41) is 3.46. The third kappa shape index (κ3) is 4.57. The van der Waals surface area contributed by atoms with Gasteiger partial charge in [0.1, 0.15) is 5.75 Å². The summed E-state index contributed by atoms with van der Waals surface area (Å²) in [7, 11) is 4.71. The van der Waals surface area contributed by atoms with E-state index in [9.17, 15) is 4.79 Å². The fourth-order valence-corrected chi connectivity index (χ4v) is 2.69. The van der Waals surface area contributed by atoms with Crippen LogP contribution in [0.2, 0.25) is 5.02 Å². The summed E-state index contributed by atoms with van der Waals surface area (Å²) in [6.07, 6.45) is 0.829. The SMILES string of the molecule is COc1cc(Cl)c(C)cc1NC(=O)CCc1cccc(OC)c1OC. The van der Waals surface area contributed by atoms with Crippen LogP contribution < -0.4 is 19.5 Å². The van der Waals surface area contributed by atoms with E-state index in [0.29, 0.717) is 40.8 Å². The lowest BCUT2D eigenvalue weighted by atomic mass is 10.1. The van der Waals surface area contributed by atoms with Crippen LogP contribution in [0, 0.1) is 6.92 Å². The first-order valence-electron chi connectivity index (χ1n) is 7.84. The lowest BCUT2D eigenvalue weighted by molar-refractivity contribution is -0.116. The summed E-state index contributed by atoms with van der Waals surface area (Å²) in [5.41, 5.74) is 2.38. The van der Waals surface area contributed by atoms with Gasteiger partial charge in [-0.1, -0.05) is 23.7 Å². The molecule has 0 unspecified atom stereocenters. The number of hydrogen-bond donors (Lipinski definition) is 1. The van der Waals surface area contributed by atoms with Gasteiger partial charge in [-0.15, -0.1) is 0 Å². The molecule has 0 saturated carbocycles. The van der Waals surface area contributed by atoms with Crippen LogP contribution >= 0.6 is 11.6 Å². The van der Waals surface area contributed by atoms with E-state index in [4.69, 9.17) is 25.8 Å². The van der Waals surface area contributed by atoms with Crippen LogP contribution in [0.1, 0.15) is 17.5 Å². The molecule has 0 aromatic heterocycles. The van der Waals surface area contributed by atoms with Crippen molar-refractivity contribution in [3.8, 4) is 17.2 Å². The van der Waals surface area contributed by atoms with Gasteiger partial charge in [-0.2, -0.15) is 0 Å². The molecule has 0 aliphatic heterocycles. The quantitative estimate of drug-likeness (QED) is 0.799. The molecule has 25 heavy (non-hydrogen) atoms. The zero-order chi connectivity index (χ0) is 18.4. The Morgan fingerprint density at radius 3 is 2.44 bits per heavy atom. The summed E-state index contributed by atoms with van der Waals surface area (Å²) >= 11 is 6.09. The Morgan fingerprint density at radius 2 is 1.80 bits per heavy atom. The number of carbonyl (C=O) groups excluding carboxylic acids is 1. The van der Waals surface area contributed by atoms with Gasteiger partial charge < -0.3 is 19.5 Å². The Bertz CT molecular complexity index is 761. The van der Waals surface area contributed by atoms with Gasteiger partial charge in [0.2, 0.25) is 5.91 Å². The standard InChI is InChI=1S/C19H22ClNO4/c1-12-10-15(17(24-3)11-14(12)20)21-18(22)9-8-13-6-5-7-16(23-2)19(13)25-4/h5-7,10-11H,8-9H2,1-4H3,(H,21,22). The van der Waals surface area contributed by atoms with Crippen LogP contribution in [0.4, 0.5) is 5.69 Å². The highest BCUT2D eigenvalue weighted by molar-refractivity contribution is 6.31. The van der Waals surface area contributed by atoms with Gasteiger partial charge in [-0.3, -0.25) is 4.79 Å². The Labute approximate surface area is 152 Å². The largest absolute Gasteiger partial charge is 0.495 e. The summed E-state index contributed by atoms with van der Waals surface area (Å²) < 4.78 is 15.9. The number of hydrogen-bond acceptors (Lipinski definition) is 4. The third-order valence-corrected chi connectivity index (χ3v) is 4.27. The van der Waals surface area contributed by atoms with Crippen molar-refractivity contribution >= 4 is 23.2 Å². The number of benzene rings is 2. The Hall–Kier alpha value is -2.40. The smallest absolute Gasteiger partial charge is 0.224 e. The highest BCUT2D eigenvalue weighted by Crippen LogP contribution is 2.33. The maximum atomic E-state index is 12.3. The van der Waals surface area contributed by atoms with E-state index < -0.39 is 0 Å². The molecule has 0 fully saturated rings. The molecule has 0 heterocycles. The average Bonchev–Trinajstić information content (AvgIpc) is 2.62. The van der Waals surface area contributed by atoms with E-state index in [1.165, 1.54) is 7.11 Å². The number of aryl methyl sites for hydroxylation is 2. The molecular weight excluding hydrogens is 342 g/mol. The number of rotatable bonds is 7. The van der Waals surface area contributed by atoms with Crippen molar-refractivity contribution in [3.05, 3.63) is 46.5 Å². The zero-order valence-corrected chi connectivity index (χ0v) is 15.6. The first kappa shape index (κ1) is 18.9. The second kappa shape index (κ2) is 8.62. The number of anilines is 1. The minimum atomic E-state index is -0.120. The number of ether oxygens (including phenoxy) is 3. The minimum Gasteiger partial charge on any atom is -0.495 e. The van der Waals surface area contributed by atoms with Crippen LogP contribution in [-0.2, 0) is 11.2 Å². The van der Waals surface area contributed by atoms with Gasteiger partial charge in [-0.25, -0.2) is 0 Å². The third-order valence-electron chi connectivity index (χ3n) is 3.86. The number of para-hydroxylation sites is 1. The van der Waals surface area contributed by atoms with Crippen LogP contribution in [-0.4, -0.2) is 27.2 Å². The summed E-state index contributed by atoms with van der Waals surface area (Å²) in [4.78, 5) is 12.3. The number of nitrogens with one attached hydrogen (secondary N) is 1. The van der Waals surface area contributed by atoms with Crippen molar-refractivity contribution in [1.82, 2.24) is 0 Å². The van der Waals surface area contributed by atoms with Crippen molar-refractivity contribution < 1.29 is 19.0 Å². The fraction of sp³-hybridized carbons (Fsp3) is 0.316. The van der Waals surface area contributed by atoms with Crippen molar-refractivity contribution in [1.29, 1.82) is 0 Å². The number of halogens is 1. The first-order chi connectivity index (χ1) is 12.0. The molecule has 0 aliphatic rings. The molecule has 6 heteroatoms. The molecule has 2 aromatic carbocycles. The number of amides is 1. The maximum absolute atomic E-state index is 12.3. The van der Waals surface area contributed by atoms with Crippen molar-refractivity contribution in [3.63, 3.8) is 0 Å².